The molecule has 0 radical (unpaired) electrons. The molecule has 3 rings (SSSR count). The Morgan fingerprint density at radius 3 is 2.78 bits per heavy atom. The Bertz CT molecular complexity index is 518. The highest BCUT2D eigenvalue weighted by molar-refractivity contribution is 6.31. The van der Waals surface area contributed by atoms with Gasteiger partial charge in [-0.15, -0.1) is 0 Å². The fraction of sp³-hybridized carbons (Fsp3) is 0.385. The van der Waals surface area contributed by atoms with E-state index in [-0.39, 0.29) is 0 Å². The maximum Gasteiger partial charge on any atom is 0.112 e. The summed E-state index contributed by atoms with van der Waals surface area (Å²) >= 11 is 6.34. The molecule has 2 heterocycles. The summed E-state index contributed by atoms with van der Waals surface area (Å²) in [4.78, 5) is 2.44. The Hall–Kier alpha value is -1.39. The molecule has 94 valence electrons. The van der Waals surface area contributed by atoms with Gasteiger partial charge in [-0.1, -0.05) is 23.7 Å². The molecule has 5 heteroatoms. The summed E-state index contributed by atoms with van der Waals surface area (Å²) in [7, 11) is 0. The van der Waals surface area contributed by atoms with Gasteiger partial charge in [0, 0.05) is 17.1 Å². The highest BCUT2D eigenvalue weighted by Gasteiger charge is 2.14. The van der Waals surface area contributed by atoms with Crippen LogP contribution in [0.25, 0.3) is 11.3 Å². The number of nitrogens with zero attached hydrogens (tertiary/aromatic N) is 3. The van der Waals surface area contributed by atoms with Gasteiger partial charge in [0.2, 0.25) is 0 Å². The number of halogens is 1. The van der Waals surface area contributed by atoms with Crippen LogP contribution in [0.4, 0.5) is 0 Å². The molecule has 18 heavy (non-hydrogen) atoms. The Kier molecular flexibility index (Phi) is 3.30. The van der Waals surface area contributed by atoms with Crippen LogP contribution in [0.3, 0.4) is 0 Å². The summed E-state index contributed by atoms with van der Waals surface area (Å²) in [6.07, 6.45) is 4.30. The lowest BCUT2D eigenvalue weighted by Crippen LogP contribution is -2.18. The van der Waals surface area contributed by atoms with E-state index in [1.54, 1.807) is 6.20 Å². The molecule has 4 nitrogen and oxygen atoms in total. The molecule has 0 amide bonds. The zero-order valence-corrected chi connectivity index (χ0v) is 10.8. The van der Waals surface area contributed by atoms with E-state index in [4.69, 9.17) is 11.6 Å². The highest BCUT2D eigenvalue weighted by atomic mass is 35.5. The molecule has 0 spiro atoms. The second kappa shape index (κ2) is 5.08. The number of rotatable bonds is 3. The van der Waals surface area contributed by atoms with Crippen LogP contribution in [0, 0.1) is 0 Å². The highest BCUT2D eigenvalue weighted by Crippen LogP contribution is 2.25. The molecule has 1 fully saturated rings. The predicted molar refractivity (Wildman–Crippen MR) is 71.3 cm³/mol. The first-order valence-corrected chi connectivity index (χ1v) is 6.57. The number of hydrogen-bond acceptors (Lipinski definition) is 3. The number of likely N-dealkylation sites (tertiary alicyclic amines) is 1. The quantitative estimate of drug-likeness (QED) is 0.925. The van der Waals surface area contributed by atoms with E-state index in [9.17, 15) is 0 Å². The van der Waals surface area contributed by atoms with Crippen molar-refractivity contribution >= 4 is 11.6 Å². The molecule has 1 aromatic carbocycles. The predicted octanol–water partition coefficient (Wildman–Crippen LogP) is 2.72. The lowest BCUT2D eigenvalue weighted by Gasteiger charge is -2.15. The molecule has 2 aromatic rings. The van der Waals surface area contributed by atoms with Crippen molar-refractivity contribution in [2.24, 2.45) is 0 Å². The minimum Gasteiger partial charge on any atom is -0.299 e. The van der Waals surface area contributed by atoms with Crippen LogP contribution in [0.1, 0.15) is 18.4 Å². The number of nitrogens with one attached hydrogen (secondary N) is 1. The summed E-state index contributed by atoms with van der Waals surface area (Å²) in [5.74, 6) is 0. The normalized spacial score (nSPS) is 16.3. The third-order valence-corrected chi connectivity index (χ3v) is 3.71. The van der Waals surface area contributed by atoms with Crippen LogP contribution in [0.5, 0.6) is 0 Å². The van der Waals surface area contributed by atoms with Crippen molar-refractivity contribution in [3.05, 3.63) is 35.0 Å². The zero-order valence-electron chi connectivity index (χ0n) is 10.1. The maximum absolute atomic E-state index is 6.34. The van der Waals surface area contributed by atoms with Gasteiger partial charge in [0.15, 0.2) is 0 Å². The minimum absolute atomic E-state index is 0.808. The standard InChI is InChI=1S/C13H15ClN4/c14-12-7-10(13-8-15-17-16-13)3-4-11(12)9-18-5-1-2-6-18/h3-4,7-8H,1-2,5-6,9H2,(H,15,16,17). The van der Waals surface area contributed by atoms with E-state index >= 15 is 0 Å². The molecule has 1 aliphatic heterocycles. The summed E-state index contributed by atoms with van der Waals surface area (Å²) < 4.78 is 0. The largest absolute Gasteiger partial charge is 0.299 e. The second-order valence-corrected chi connectivity index (χ2v) is 5.05. The van der Waals surface area contributed by atoms with Crippen molar-refractivity contribution in [2.75, 3.05) is 13.1 Å². The Morgan fingerprint density at radius 1 is 1.28 bits per heavy atom. The third kappa shape index (κ3) is 2.40. The Balaban J connectivity index is 1.80. The van der Waals surface area contributed by atoms with Gasteiger partial charge in [0.25, 0.3) is 0 Å². The van der Waals surface area contributed by atoms with E-state index in [1.807, 2.05) is 6.07 Å². The first kappa shape index (κ1) is 11.7. The number of H-pyrrole nitrogens is 1. The van der Waals surface area contributed by atoms with Gasteiger partial charge in [0.1, 0.15) is 5.69 Å². The van der Waals surface area contributed by atoms with Crippen molar-refractivity contribution in [2.45, 2.75) is 19.4 Å². The monoisotopic (exact) mass is 262 g/mol. The van der Waals surface area contributed by atoms with E-state index in [0.29, 0.717) is 0 Å². The van der Waals surface area contributed by atoms with Gasteiger partial charge in [-0.25, -0.2) is 0 Å². The summed E-state index contributed by atoms with van der Waals surface area (Å²) in [6.45, 7) is 3.31. The van der Waals surface area contributed by atoms with Crippen molar-refractivity contribution < 1.29 is 0 Å². The van der Waals surface area contributed by atoms with Crippen molar-refractivity contribution in [3.63, 3.8) is 0 Å². The van der Waals surface area contributed by atoms with E-state index in [0.717, 1.165) is 22.8 Å². The molecule has 1 aliphatic rings. The fourth-order valence-electron chi connectivity index (χ4n) is 2.36. The van der Waals surface area contributed by atoms with Gasteiger partial charge in [-0.3, -0.25) is 4.90 Å². The lowest BCUT2D eigenvalue weighted by molar-refractivity contribution is 0.331. The molecular weight excluding hydrogens is 248 g/mol. The smallest absolute Gasteiger partial charge is 0.112 e. The third-order valence-electron chi connectivity index (χ3n) is 3.36. The van der Waals surface area contributed by atoms with E-state index in [2.05, 4.69) is 32.4 Å². The van der Waals surface area contributed by atoms with E-state index in [1.165, 1.54) is 31.5 Å². The summed E-state index contributed by atoms with van der Waals surface area (Å²) in [5.41, 5.74) is 3.01. The van der Waals surface area contributed by atoms with Gasteiger partial charge in [0.05, 0.1) is 6.20 Å². The van der Waals surface area contributed by atoms with Gasteiger partial charge >= 0.3 is 0 Å². The minimum atomic E-state index is 0.808. The topological polar surface area (TPSA) is 44.8 Å². The van der Waals surface area contributed by atoms with E-state index < -0.39 is 0 Å². The fourth-order valence-corrected chi connectivity index (χ4v) is 2.60. The molecule has 1 aromatic heterocycles. The Morgan fingerprint density at radius 2 is 2.11 bits per heavy atom. The molecule has 0 bridgehead atoms. The molecule has 0 saturated carbocycles. The number of aromatic amines is 1. The SMILES string of the molecule is Clc1cc(-c2cn[nH]n2)ccc1CN1CCCC1. The van der Waals surface area contributed by atoms with Crippen LogP contribution >= 0.6 is 11.6 Å². The second-order valence-electron chi connectivity index (χ2n) is 4.64. The number of aromatic nitrogens is 3. The summed E-state index contributed by atoms with van der Waals surface area (Å²) in [6, 6.07) is 6.10. The number of benzene rings is 1. The first-order chi connectivity index (χ1) is 8.83. The lowest BCUT2D eigenvalue weighted by atomic mass is 10.1. The molecule has 1 saturated heterocycles. The molecular formula is C13H15ClN4. The average molecular weight is 263 g/mol. The van der Waals surface area contributed by atoms with Gasteiger partial charge in [-0.05, 0) is 37.6 Å². The summed E-state index contributed by atoms with van der Waals surface area (Å²) in [5, 5.41) is 11.3. The Labute approximate surface area is 111 Å². The number of hydrogen-bond donors (Lipinski definition) is 1. The van der Waals surface area contributed by atoms with Crippen molar-refractivity contribution in [1.29, 1.82) is 0 Å². The molecule has 0 unspecified atom stereocenters. The van der Waals surface area contributed by atoms with Crippen LogP contribution in [0.2, 0.25) is 5.02 Å². The molecule has 0 aliphatic carbocycles. The molecule has 1 N–H and O–H groups in total. The van der Waals surface area contributed by atoms with Crippen LogP contribution in [-0.4, -0.2) is 33.4 Å². The van der Waals surface area contributed by atoms with Crippen LogP contribution < -0.4 is 0 Å². The molecule has 0 atom stereocenters. The maximum atomic E-state index is 6.34. The first-order valence-electron chi connectivity index (χ1n) is 6.20. The average Bonchev–Trinajstić information content (AvgIpc) is 3.04. The zero-order chi connectivity index (χ0) is 12.4. The van der Waals surface area contributed by atoms with Crippen LogP contribution in [0.15, 0.2) is 24.4 Å². The van der Waals surface area contributed by atoms with Crippen molar-refractivity contribution in [1.82, 2.24) is 20.3 Å². The van der Waals surface area contributed by atoms with Crippen LogP contribution in [-0.2, 0) is 6.54 Å². The van der Waals surface area contributed by atoms with Crippen molar-refractivity contribution in [3.8, 4) is 11.3 Å². The van der Waals surface area contributed by atoms with Gasteiger partial charge < -0.3 is 0 Å². The van der Waals surface area contributed by atoms with Gasteiger partial charge in [-0.2, -0.15) is 15.4 Å².